The van der Waals surface area contributed by atoms with Crippen LogP contribution in [0.15, 0.2) is 0 Å². The van der Waals surface area contributed by atoms with E-state index in [0.717, 1.165) is 0 Å². The summed E-state index contributed by atoms with van der Waals surface area (Å²) in [6.45, 7) is 0.623. The first-order chi connectivity index (χ1) is 6.76. The van der Waals surface area contributed by atoms with Crippen LogP contribution in [0.25, 0.3) is 0 Å². The summed E-state index contributed by atoms with van der Waals surface area (Å²) in [5.41, 5.74) is 0. The highest BCUT2D eigenvalue weighted by Gasteiger charge is 2.21. The summed E-state index contributed by atoms with van der Waals surface area (Å²) in [4.78, 5) is 16.8. The van der Waals surface area contributed by atoms with Crippen LogP contribution in [0, 0.1) is 0 Å². The molecule has 15 heavy (non-hydrogen) atoms. The monoisotopic (exact) mass is 242 g/mol. The molecule has 0 rings (SSSR count). The SMILES string of the molecule is B[C@H](O[C@@H](CO)COP(=O)(O)O)[C@H](C)O. The number of phosphoric acid groups is 1. The van der Waals surface area contributed by atoms with Crippen LogP contribution in [0.5, 0.6) is 0 Å². The van der Waals surface area contributed by atoms with Crippen LogP contribution in [0.2, 0.25) is 0 Å². The third-order valence-electron chi connectivity index (χ3n) is 1.72. The highest BCUT2D eigenvalue weighted by molar-refractivity contribution is 7.46. The van der Waals surface area contributed by atoms with E-state index in [4.69, 9.17) is 24.7 Å². The molecule has 0 unspecified atom stereocenters. The highest BCUT2D eigenvalue weighted by Crippen LogP contribution is 2.35. The Kier molecular flexibility index (Phi) is 6.62. The summed E-state index contributed by atoms with van der Waals surface area (Å²) in [5, 5.41) is 17.9. The fourth-order valence-electron chi connectivity index (χ4n) is 0.733. The van der Waals surface area contributed by atoms with Crippen LogP contribution in [-0.2, 0) is 13.8 Å². The van der Waals surface area contributed by atoms with E-state index >= 15 is 0 Å². The molecule has 0 saturated heterocycles. The van der Waals surface area contributed by atoms with E-state index in [9.17, 15) is 4.57 Å². The van der Waals surface area contributed by atoms with Crippen molar-refractivity contribution in [3.05, 3.63) is 0 Å². The van der Waals surface area contributed by atoms with E-state index in [2.05, 4.69) is 4.52 Å². The second-order valence-electron chi connectivity index (χ2n) is 3.17. The van der Waals surface area contributed by atoms with Gasteiger partial charge in [0.25, 0.3) is 0 Å². The Morgan fingerprint density at radius 2 is 2.00 bits per heavy atom. The third kappa shape index (κ3) is 7.92. The predicted molar refractivity (Wildman–Crippen MR) is 54.0 cm³/mol. The zero-order chi connectivity index (χ0) is 12.1. The van der Waals surface area contributed by atoms with Gasteiger partial charge in [-0.15, -0.1) is 0 Å². The van der Waals surface area contributed by atoms with Gasteiger partial charge in [0, 0.05) is 6.00 Å². The topological polar surface area (TPSA) is 116 Å². The Balaban J connectivity index is 3.98. The normalized spacial score (nSPS) is 18.5. The maximum Gasteiger partial charge on any atom is 0.469 e. The van der Waals surface area contributed by atoms with E-state index in [1.165, 1.54) is 6.92 Å². The van der Waals surface area contributed by atoms with Gasteiger partial charge < -0.3 is 24.7 Å². The van der Waals surface area contributed by atoms with Gasteiger partial charge in [-0.05, 0) is 6.92 Å². The van der Waals surface area contributed by atoms with Crippen LogP contribution >= 0.6 is 7.82 Å². The second-order valence-corrected chi connectivity index (χ2v) is 4.41. The van der Waals surface area contributed by atoms with Gasteiger partial charge >= 0.3 is 7.82 Å². The molecule has 4 N–H and O–H groups in total. The molecule has 0 aromatic rings. The minimum Gasteiger partial charge on any atom is -0.394 e. The molecule has 0 spiro atoms. The molecule has 0 heterocycles. The molecule has 0 aliphatic carbocycles. The van der Waals surface area contributed by atoms with Crippen LogP contribution in [0.4, 0.5) is 0 Å². The smallest absolute Gasteiger partial charge is 0.394 e. The Labute approximate surface area is 88.7 Å². The van der Waals surface area contributed by atoms with Gasteiger partial charge in [0.05, 0.1) is 19.3 Å². The largest absolute Gasteiger partial charge is 0.469 e. The molecular weight excluding hydrogens is 226 g/mol. The molecule has 90 valence electrons. The van der Waals surface area contributed by atoms with Gasteiger partial charge in [-0.2, -0.15) is 0 Å². The van der Waals surface area contributed by atoms with Crippen molar-refractivity contribution < 1.29 is 33.8 Å². The molecule has 0 aliphatic heterocycles. The molecule has 0 saturated carbocycles. The molecule has 7 nitrogen and oxygen atoms in total. The van der Waals surface area contributed by atoms with Crippen molar-refractivity contribution in [3.8, 4) is 0 Å². The minimum atomic E-state index is -4.55. The Morgan fingerprint density at radius 3 is 2.33 bits per heavy atom. The summed E-state index contributed by atoms with van der Waals surface area (Å²) < 4.78 is 19.6. The number of hydrogen-bond donors (Lipinski definition) is 4. The van der Waals surface area contributed by atoms with Crippen molar-refractivity contribution in [1.29, 1.82) is 0 Å². The van der Waals surface area contributed by atoms with Crippen molar-refractivity contribution >= 4 is 15.7 Å². The van der Waals surface area contributed by atoms with Crippen molar-refractivity contribution in [2.45, 2.75) is 25.1 Å². The Bertz CT molecular complexity index is 218. The molecule has 0 aliphatic rings. The number of phosphoric ester groups is 1. The number of aliphatic hydroxyl groups excluding tert-OH is 2. The van der Waals surface area contributed by atoms with E-state index in [0.29, 0.717) is 0 Å². The van der Waals surface area contributed by atoms with Crippen LogP contribution in [-0.4, -0.2) is 59.3 Å². The lowest BCUT2D eigenvalue weighted by Gasteiger charge is -2.22. The van der Waals surface area contributed by atoms with Crippen LogP contribution in [0.1, 0.15) is 6.92 Å². The first-order valence-corrected chi connectivity index (χ1v) is 5.93. The number of hydrogen-bond acceptors (Lipinski definition) is 5. The predicted octanol–water partition coefficient (Wildman–Crippen LogP) is -2.19. The van der Waals surface area contributed by atoms with Crippen molar-refractivity contribution in [1.82, 2.24) is 0 Å². The van der Waals surface area contributed by atoms with E-state index < -0.39 is 39.2 Å². The lowest BCUT2D eigenvalue weighted by atomic mass is 9.95. The van der Waals surface area contributed by atoms with Crippen molar-refractivity contribution in [2.24, 2.45) is 0 Å². The lowest BCUT2D eigenvalue weighted by molar-refractivity contribution is -0.0674. The molecule has 0 aromatic heterocycles. The fourth-order valence-corrected chi connectivity index (χ4v) is 1.09. The highest BCUT2D eigenvalue weighted by atomic mass is 31.2. The van der Waals surface area contributed by atoms with Gasteiger partial charge in [0.1, 0.15) is 14.0 Å². The average molecular weight is 242 g/mol. The van der Waals surface area contributed by atoms with Crippen LogP contribution in [0.3, 0.4) is 0 Å². The Morgan fingerprint density at radius 1 is 1.47 bits per heavy atom. The van der Waals surface area contributed by atoms with E-state index in [1.807, 2.05) is 0 Å². The quantitative estimate of drug-likeness (QED) is 0.296. The number of aliphatic hydroxyl groups is 2. The fraction of sp³-hybridized carbons (Fsp3) is 1.00. The summed E-state index contributed by atoms with van der Waals surface area (Å²) >= 11 is 0. The van der Waals surface area contributed by atoms with E-state index in [-0.39, 0.29) is 0 Å². The summed E-state index contributed by atoms with van der Waals surface area (Å²) in [5.74, 6) is 0. The maximum atomic E-state index is 10.4. The molecule has 0 aromatic carbocycles. The Hall–Kier alpha value is 0.0549. The van der Waals surface area contributed by atoms with Crippen LogP contribution < -0.4 is 0 Å². The van der Waals surface area contributed by atoms with Crippen molar-refractivity contribution in [3.63, 3.8) is 0 Å². The standard InChI is InChI=1S/C6H16BO7P/c1-4(9)6(7)14-5(2-8)3-13-15(10,11)12/h4-6,8-9H,2-3,7H2,1H3,(H2,10,11,12)/t4-,5-,6+/m0/s1. The van der Waals surface area contributed by atoms with Gasteiger partial charge in [-0.3, -0.25) is 4.52 Å². The first kappa shape index (κ1) is 15.1. The minimum absolute atomic E-state index is 0.433. The number of ether oxygens (including phenoxy) is 1. The summed E-state index contributed by atoms with van der Waals surface area (Å²) in [7, 11) is -2.98. The summed E-state index contributed by atoms with van der Waals surface area (Å²) in [6, 6.07) is -0.553. The molecule has 0 radical (unpaired) electrons. The van der Waals surface area contributed by atoms with Gasteiger partial charge in [-0.25, -0.2) is 4.57 Å². The van der Waals surface area contributed by atoms with Gasteiger partial charge in [0.2, 0.25) is 0 Å². The zero-order valence-corrected chi connectivity index (χ0v) is 9.50. The molecule has 9 heteroatoms. The average Bonchev–Trinajstić information content (AvgIpc) is 2.10. The molecule has 0 bridgehead atoms. The summed E-state index contributed by atoms with van der Waals surface area (Å²) in [6.07, 6.45) is -1.61. The lowest BCUT2D eigenvalue weighted by Crippen LogP contribution is -2.35. The second kappa shape index (κ2) is 6.60. The van der Waals surface area contributed by atoms with Gasteiger partial charge in [-0.1, -0.05) is 0 Å². The molecule has 3 atom stereocenters. The maximum absolute atomic E-state index is 10.4. The molecule has 0 fully saturated rings. The third-order valence-corrected chi connectivity index (χ3v) is 2.20. The van der Waals surface area contributed by atoms with Crippen molar-refractivity contribution in [2.75, 3.05) is 13.2 Å². The first-order valence-electron chi connectivity index (χ1n) is 4.40. The molecular formula is C6H16BO7P. The number of rotatable bonds is 7. The van der Waals surface area contributed by atoms with Gasteiger partial charge in [0.15, 0.2) is 0 Å². The zero-order valence-electron chi connectivity index (χ0n) is 8.61. The van der Waals surface area contributed by atoms with E-state index in [1.54, 1.807) is 7.85 Å². The molecule has 0 amide bonds.